The smallest absolute Gasteiger partial charge is 0.233 e. The van der Waals surface area contributed by atoms with Crippen LogP contribution >= 0.6 is 0 Å². The summed E-state index contributed by atoms with van der Waals surface area (Å²) < 4.78 is 1.67. The van der Waals surface area contributed by atoms with Crippen molar-refractivity contribution < 1.29 is 14.7 Å². The number of β-amino-alcohol motifs (C(OH)–C–C–N with tert-alkyl or cyclic N) is 1. The number of nitrogens with zero attached hydrogens (tertiary/aromatic N) is 3. The van der Waals surface area contributed by atoms with Crippen LogP contribution in [0.3, 0.4) is 0 Å². The zero-order valence-electron chi connectivity index (χ0n) is 11.5. The molecule has 6 heteroatoms. The lowest BCUT2D eigenvalue weighted by Crippen LogP contribution is -2.42. The Balaban J connectivity index is 2.05. The number of likely N-dealkylation sites (tertiary alicyclic amines) is 1. The molecule has 1 aliphatic rings. The Kier molecular flexibility index (Phi) is 3.45. The summed E-state index contributed by atoms with van der Waals surface area (Å²) in [4.78, 5) is 25.2. The molecule has 0 unspecified atom stereocenters. The molecule has 0 saturated carbocycles. The molecule has 0 aliphatic carbocycles. The molecule has 104 valence electrons. The maximum absolute atomic E-state index is 12.2. The molecule has 6 nitrogen and oxygen atoms in total. The summed E-state index contributed by atoms with van der Waals surface area (Å²) in [7, 11) is 1.81. The van der Waals surface area contributed by atoms with Crippen LogP contribution < -0.4 is 0 Å². The maximum Gasteiger partial charge on any atom is 0.233 e. The molecule has 1 atom stereocenters. The van der Waals surface area contributed by atoms with Crippen LogP contribution in [-0.4, -0.2) is 43.7 Å². The van der Waals surface area contributed by atoms with Crippen molar-refractivity contribution in [1.82, 2.24) is 14.7 Å². The number of aryl methyl sites for hydroxylation is 1. The average molecular weight is 265 g/mol. The minimum Gasteiger partial charge on any atom is -0.389 e. The molecule has 19 heavy (non-hydrogen) atoms. The number of rotatable bonds is 4. The second-order valence-corrected chi connectivity index (χ2v) is 5.76. The van der Waals surface area contributed by atoms with Gasteiger partial charge >= 0.3 is 0 Å². The van der Waals surface area contributed by atoms with Crippen molar-refractivity contribution in [3.8, 4) is 0 Å². The normalized spacial score (nSPS) is 20.4. The van der Waals surface area contributed by atoms with Crippen LogP contribution in [0.5, 0.6) is 0 Å². The number of hydrogen-bond donors (Lipinski definition) is 1. The Morgan fingerprint density at radius 2 is 2.16 bits per heavy atom. The second kappa shape index (κ2) is 4.77. The quantitative estimate of drug-likeness (QED) is 0.784. The number of aromatic nitrogens is 2. The number of carbonyl (C=O) groups excluding carboxylic acids is 2. The molecule has 1 saturated heterocycles. The minimum absolute atomic E-state index is 0.0498. The Morgan fingerprint density at radius 3 is 2.68 bits per heavy atom. The van der Waals surface area contributed by atoms with Gasteiger partial charge in [-0.05, 0) is 25.8 Å². The second-order valence-electron chi connectivity index (χ2n) is 5.76. The topological polar surface area (TPSA) is 75.4 Å². The van der Waals surface area contributed by atoms with Gasteiger partial charge in [0.15, 0.2) is 0 Å². The maximum atomic E-state index is 12.2. The molecule has 2 amide bonds. The molecule has 0 bridgehead atoms. The largest absolute Gasteiger partial charge is 0.389 e. The molecule has 1 aromatic heterocycles. The lowest BCUT2D eigenvalue weighted by Gasteiger charge is -2.24. The van der Waals surface area contributed by atoms with Gasteiger partial charge in [0.1, 0.15) is 0 Å². The number of hydrogen-bond acceptors (Lipinski definition) is 4. The summed E-state index contributed by atoms with van der Waals surface area (Å²) in [6.07, 6.45) is 4.28. The zero-order valence-corrected chi connectivity index (χ0v) is 11.5. The van der Waals surface area contributed by atoms with E-state index >= 15 is 0 Å². The first kappa shape index (κ1) is 13.7. The van der Waals surface area contributed by atoms with E-state index in [1.54, 1.807) is 24.7 Å². The van der Waals surface area contributed by atoms with Gasteiger partial charge in [-0.25, -0.2) is 0 Å². The van der Waals surface area contributed by atoms with E-state index in [0.29, 0.717) is 6.42 Å². The van der Waals surface area contributed by atoms with Crippen molar-refractivity contribution in [1.29, 1.82) is 0 Å². The van der Waals surface area contributed by atoms with Crippen molar-refractivity contribution in [3.63, 3.8) is 0 Å². The summed E-state index contributed by atoms with van der Waals surface area (Å²) in [6.45, 7) is 3.22. The Labute approximate surface area is 112 Å². The Hall–Kier alpha value is -1.69. The van der Waals surface area contributed by atoms with E-state index in [2.05, 4.69) is 5.10 Å². The van der Waals surface area contributed by atoms with Gasteiger partial charge in [0.25, 0.3) is 0 Å². The summed E-state index contributed by atoms with van der Waals surface area (Å²) in [5, 5.41) is 13.8. The fraction of sp³-hybridized carbons (Fsp3) is 0.615. The van der Waals surface area contributed by atoms with Gasteiger partial charge in [0.05, 0.1) is 24.3 Å². The van der Waals surface area contributed by atoms with Crippen molar-refractivity contribution in [2.75, 3.05) is 6.54 Å². The first-order valence-electron chi connectivity index (χ1n) is 6.30. The van der Waals surface area contributed by atoms with Crippen LogP contribution in [0, 0.1) is 5.92 Å². The van der Waals surface area contributed by atoms with Crippen LogP contribution in [0.4, 0.5) is 0 Å². The van der Waals surface area contributed by atoms with E-state index in [1.165, 1.54) is 4.90 Å². The third-order valence-electron chi connectivity index (χ3n) is 3.12. The number of carbonyl (C=O) groups is 2. The molecule has 2 rings (SSSR count). The highest BCUT2D eigenvalue weighted by Gasteiger charge is 2.40. The van der Waals surface area contributed by atoms with E-state index in [4.69, 9.17) is 0 Å². The fourth-order valence-electron chi connectivity index (χ4n) is 2.33. The summed E-state index contributed by atoms with van der Waals surface area (Å²) >= 11 is 0. The molecule has 2 heterocycles. The van der Waals surface area contributed by atoms with Gasteiger partial charge < -0.3 is 5.11 Å². The lowest BCUT2D eigenvalue weighted by molar-refractivity contribution is -0.142. The summed E-state index contributed by atoms with van der Waals surface area (Å²) in [5.41, 5.74) is -0.118. The van der Waals surface area contributed by atoms with Gasteiger partial charge in [-0.15, -0.1) is 0 Å². The van der Waals surface area contributed by atoms with Crippen molar-refractivity contribution in [2.45, 2.75) is 32.3 Å². The Bertz CT molecular complexity index is 501. The standard InChI is InChI=1S/C13H19N3O3/c1-13(2,19)8-16-11(17)5-10(12(16)18)4-9-6-14-15(3)7-9/h6-7,10,19H,4-5,8H2,1-3H3/t10-/m1/s1. The van der Waals surface area contributed by atoms with E-state index in [-0.39, 0.29) is 30.7 Å². The minimum atomic E-state index is -1.06. The molecular weight excluding hydrogens is 246 g/mol. The molecule has 0 radical (unpaired) electrons. The molecule has 1 aromatic rings. The summed E-state index contributed by atoms with van der Waals surface area (Å²) in [6, 6.07) is 0. The Morgan fingerprint density at radius 1 is 1.47 bits per heavy atom. The van der Waals surface area contributed by atoms with Crippen LogP contribution in [-0.2, 0) is 23.1 Å². The van der Waals surface area contributed by atoms with Gasteiger partial charge in [-0.1, -0.05) is 0 Å². The van der Waals surface area contributed by atoms with Crippen molar-refractivity contribution in [2.24, 2.45) is 13.0 Å². The van der Waals surface area contributed by atoms with Crippen LogP contribution in [0.1, 0.15) is 25.8 Å². The number of aliphatic hydroxyl groups is 1. The van der Waals surface area contributed by atoms with Gasteiger partial charge in [0.2, 0.25) is 11.8 Å². The van der Waals surface area contributed by atoms with Crippen molar-refractivity contribution >= 4 is 11.8 Å². The van der Waals surface area contributed by atoms with E-state index in [0.717, 1.165) is 5.56 Å². The lowest BCUT2D eigenvalue weighted by atomic mass is 10.0. The van der Waals surface area contributed by atoms with E-state index < -0.39 is 5.60 Å². The predicted molar refractivity (Wildman–Crippen MR) is 68.0 cm³/mol. The van der Waals surface area contributed by atoms with Gasteiger partial charge in [0, 0.05) is 19.7 Å². The SMILES string of the molecule is Cn1cc(C[C@@H]2CC(=O)N(CC(C)(C)O)C2=O)cn1. The number of imide groups is 1. The molecule has 0 spiro atoms. The van der Waals surface area contributed by atoms with E-state index in [1.807, 2.05) is 13.2 Å². The molecule has 1 fully saturated rings. The highest BCUT2D eigenvalue weighted by Crippen LogP contribution is 2.24. The monoisotopic (exact) mass is 265 g/mol. The van der Waals surface area contributed by atoms with Crippen molar-refractivity contribution in [3.05, 3.63) is 18.0 Å². The zero-order chi connectivity index (χ0) is 14.2. The molecule has 0 aromatic carbocycles. The van der Waals surface area contributed by atoms with Crippen LogP contribution in [0.25, 0.3) is 0 Å². The molecule has 1 aliphatic heterocycles. The first-order chi connectivity index (χ1) is 8.76. The van der Waals surface area contributed by atoms with Gasteiger partial charge in [-0.2, -0.15) is 5.10 Å². The molecule has 1 N–H and O–H groups in total. The average Bonchev–Trinajstić information content (AvgIpc) is 2.77. The van der Waals surface area contributed by atoms with Crippen LogP contribution in [0.15, 0.2) is 12.4 Å². The van der Waals surface area contributed by atoms with Gasteiger partial charge in [-0.3, -0.25) is 19.2 Å². The van der Waals surface area contributed by atoms with E-state index in [9.17, 15) is 14.7 Å². The third-order valence-corrected chi connectivity index (χ3v) is 3.12. The summed E-state index contributed by atoms with van der Waals surface area (Å²) in [5.74, 6) is -0.740. The fourth-order valence-corrected chi connectivity index (χ4v) is 2.33. The highest BCUT2D eigenvalue weighted by atomic mass is 16.3. The third kappa shape index (κ3) is 3.20. The number of amides is 2. The first-order valence-corrected chi connectivity index (χ1v) is 6.30. The highest BCUT2D eigenvalue weighted by molar-refractivity contribution is 6.03. The van der Waals surface area contributed by atoms with Crippen LogP contribution in [0.2, 0.25) is 0 Å². The predicted octanol–water partition coefficient (Wildman–Crippen LogP) is 0.109. The molecular formula is C13H19N3O3.